The van der Waals surface area contributed by atoms with Crippen molar-refractivity contribution in [1.29, 1.82) is 0 Å². The summed E-state index contributed by atoms with van der Waals surface area (Å²) in [6, 6.07) is 13.8. The summed E-state index contributed by atoms with van der Waals surface area (Å²) in [6.45, 7) is 9.24. The highest BCUT2D eigenvalue weighted by Crippen LogP contribution is 2.35. The Morgan fingerprint density at radius 2 is 1.97 bits per heavy atom. The van der Waals surface area contributed by atoms with Crippen molar-refractivity contribution in [3.63, 3.8) is 0 Å². The molecule has 0 saturated carbocycles. The smallest absolute Gasteiger partial charge is 0.358 e. The van der Waals surface area contributed by atoms with Crippen molar-refractivity contribution < 1.29 is 14.3 Å². The van der Waals surface area contributed by atoms with Gasteiger partial charge in [0, 0.05) is 59.1 Å². The zero-order valence-corrected chi connectivity index (χ0v) is 19.1. The summed E-state index contributed by atoms with van der Waals surface area (Å²) in [7, 11) is 0. The molecule has 2 aromatic carbocycles. The molecule has 3 N–H and O–H groups in total. The van der Waals surface area contributed by atoms with Gasteiger partial charge in [0.1, 0.15) is 0 Å². The summed E-state index contributed by atoms with van der Waals surface area (Å²) in [5.41, 5.74) is 4.75. The monoisotopic (exact) mass is 444 g/mol. The number of hydrogen-bond donors (Lipinski definition) is 3. The Morgan fingerprint density at radius 1 is 1.18 bits per heavy atom. The molecule has 0 unspecified atom stereocenters. The molecule has 1 fully saturated rings. The highest BCUT2D eigenvalue weighted by molar-refractivity contribution is 5.97. The van der Waals surface area contributed by atoms with E-state index in [0.717, 1.165) is 48.2 Å². The van der Waals surface area contributed by atoms with Crippen LogP contribution in [0.15, 0.2) is 53.1 Å². The SMILES string of the molecule is CCc1ccc(-c2nc(C(=O)O)c(-c3ccc(N4CCNC(C)(C)C4)cc3)o2)c2cc[nH]c12. The van der Waals surface area contributed by atoms with Crippen molar-refractivity contribution in [3.05, 3.63) is 59.9 Å². The second-order valence-corrected chi connectivity index (χ2v) is 9.17. The van der Waals surface area contributed by atoms with E-state index in [4.69, 9.17) is 4.42 Å². The number of carboxylic acid groups (broad SMARTS) is 1. The molecule has 0 radical (unpaired) electrons. The Balaban J connectivity index is 1.52. The lowest BCUT2D eigenvalue weighted by Gasteiger charge is -2.40. The lowest BCUT2D eigenvalue weighted by molar-refractivity contribution is 0.0691. The molecule has 0 amide bonds. The average molecular weight is 445 g/mol. The van der Waals surface area contributed by atoms with Gasteiger partial charge >= 0.3 is 5.97 Å². The normalized spacial score (nSPS) is 15.8. The van der Waals surface area contributed by atoms with Crippen LogP contribution in [0.5, 0.6) is 0 Å². The van der Waals surface area contributed by atoms with Gasteiger partial charge in [-0.2, -0.15) is 0 Å². The van der Waals surface area contributed by atoms with Crippen LogP contribution in [0.25, 0.3) is 33.7 Å². The van der Waals surface area contributed by atoms with Gasteiger partial charge in [0.15, 0.2) is 11.5 Å². The molecule has 0 spiro atoms. The number of hydrogen-bond acceptors (Lipinski definition) is 5. The molecule has 170 valence electrons. The summed E-state index contributed by atoms with van der Waals surface area (Å²) in [5.74, 6) is -0.529. The fraction of sp³-hybridized carbons (Fsp3) is 0.308. The number of benzene rings is 2. The van der Waals surface area contributed by atoms with Gasteiger partial charge in [0.25, 0.3) is 0 Å². The van der Waals surface area contributed by atoms with Crippen molar-refractivity contribution in [2.75, 3.05) is 24.5 Å². The lowest BCUT2D eigenvalue weighted by Crippen LogP contribution is -2.57. The van der Waals surface area contributed by atoms with Gasteiger partial charge < -0.3 is 24.7 Å². The predicted molar refractivity (Wildman–Crippen MR) is 130 cm³/mol. The van der Waals surface area contributed by atoms with Gasteiger partial charge in [-0.25, -0.2) is 9.78 Å². The van der Waals surface area contributed by atoms with Crippen LogP contribution >= 0.6 is 0 Å². The Labute approximate surface area is 192 Å². The molecule has 1 aliphatic rings. The maximum atomic E-state index is 12.0. The van der Waals surface area contributed by atoms with E-state index < -0.39 is 5.97 Å². The lowest BCUT2D eigenvalue weighted by atomic mass is 10.0. The van der Waals surface area contributed by atoms with Crippen molar-refractivity contribution in [3.8, 4) is 22.8 Å². The number of nitrogens with one attached hydrogen (secondary N) is 2. The van der Waals surface area contributed by atoms with E-state index in [-0.39, 0.29) is 17.0 Å². The number of carbonyl (C=O) groups is 1. The van der Waals surface area contributed by atoms with E-state index in [9.17, 15) is 9.90 Å². The molecule has 2 aromatic heterocycles. The third-order valence-electron chi connectivity index (χ3n) is 6.32. The average Bonchev–Trinajstić information content (AvgIpc) is 3.46. The molecule has 5 rings (SSSR count). The molecule has 0 aliphatic carbocycles. The first-order valence-corrected chi connectivity index (χ1v) is 11.3. The van der Waals surface area contributed by atoms with Crippen LogP contribution in [0, 0.1) is 0 Å². The minimum atomic E-state index is -1.11. The number of fused-ring (bicyclic) bond motifs is 1. The van der Waals surface area contributed by atoms with Crippen LogP contribution < -0.4 is 10.2 Å². The van der Waals surface area contributed by atoms with E-state index in [1.54, 1.807) is 0 Å². The number of piperazine rings is 1. The van der Waals surface area contributed by atoms with Crippen LogP contribution in [0.2, 0.25) is 0 Å². The first kappa shape index (κ1) is 21.3. The number of carboxylic acids is 1. The highest BCUT2D eigenvalue weighted by Gasteiger charge is 2.27. The van der Waals surface area contributed by atoms with Gasteiger partial charge in [0.2, 0.25) is 5.89 Å². The topological polar surface area (TPSA) is 94.4 Å². The number of anilines is 1. The largest absolute Gasteiger partial charge is 0.476 e. The van der Waals surface area contributed by atoms with E-state index in [0.29, 0.717) is 11.5 Å². The minimum absolute atomic E-state index is 0.0458. The fourth-order valence-corrected chi connectivity index (χ4v) is 4.66. The van der Waals surface area contributed by atoms with Crippen molar-refractivity contribution >= 4 is 22.6 Å². The van der Waals surface area contributed by atoms with E-state index >= 15 is 0 Å². The second-order valence-electron chi connectivity index (χ2n) is 9.17. The van der Waals surface area contributed by atoms with Crippen LogP contribution in [0.1, 0.15) is 36.8 Å². The summed E-state index contributed by atoms with van der Waals surface area (Å²) >= 11 is 0. The predicted octanol–water partition coefficient (Wildman–Crippen LogP) is 4.94. The molecule has 0 bridgehead atoms. The van der Waals surface area contributed by atoms with E-state index in [2.05, 4.69) is 41.0 Å². The van der Waals surface area contributed by atoms with Gasteiger partial charge in [0.05, 0.1) is 0 Å². The van der Waals surface area contributed by atoms with Crippen LogP contribution in [0.3, 0.4) is 0 Å². The molecule has 7 nitrogen and oxygen atoms in total. The number of aryl methyl sites for hydroxylation is 1. The summed E-state index contributed by atoms with van der Waals surface area (Å²) in [4.78, 5) is 22.0. The number of H-pyrrole nitrogens is 1. The molecule has 0 atom stereocenters. The third-order valence-corrected chi connectivity index (χ3v) is 6.32. The maximum absolute atomic E-state index is 12.0. The highest BCUT2D eigenvalue weighted by atomic mass is 16.4. The quantitative estimate of drug-likeness (QED) is 0.404. The first-order chi connectivity index (χ1) is 15.9. The molecule has 3 heterocycles. The van der Waals surface area contributed by atoms with Crippen molar-refractivity contribution in [2.45, 2.75) is 32.7 Å². The van der Waals surface area contributed by atoms with Crippen LogP contribution in [-0.4, -0.2) is 46.2 Å². The van der Waals surface area contributed by atoms with E-state index in [1.165, 1.54) is 5.56 Å². The number of aromatic carboxylic acids is 1. The van der Waals surface area contributed by atoms with E-state index in [1.807, 2.05) is 48.7 Å². The molecule has 4 aromatic rings. The summed E-state index contributed by atoms with van der Waals surface area (Å²) < 4.78 is 6.09. The zero-order valence-electron chi connectivity index (χ0n) is 19.1. The summed E-state index contributed by atoms with van der Waals surface area (Å²) in [5, 5.41) is 14.3. The molecule has 33 heavy (non-hydrogen) atoms. The molecule has 7 heteroatoms. The second kappa shape index (κ2) is 8.08. The first-order valence-electron chi connectivity index (χ1n) is 11.3. The number of rotatable bonds is 5. The fourth-order valence-electron chi connectivity index (χ4n) is 4.66. The third kappa shape index (κ3) is 3.89. The molecular weight excluding hydrogens is 416 g/mol. The number of aromatic amines is 1. The summed E-state index contributed by atoms with van der Waals surface area (Å²) in [6.07, 6.45) is 2.77. The van der Waals surface area contributed by atoms with Gasteiger partial charge in [-0.3, -0.25) is 0 Å². The Bertz CT molecular complexity index is 1320. The van der Waals surface area contributed by atoms with Crippen molar-refractivity contribution in [1.82, 2.24) is 15.3 Å². The molecule has 1 saturated heterocycles. The molecule has 1 aliphatic heterocycles. The van der Waals surface area contributed by atoms with Gasteiger partial charge in [-0.05, 0) is 62.2 Å². The Morgan fingerprint density at radius 3 is 2.67 bits per heavy atom. The van der Waals surface area contributed by atoms with Gasteiger partial charge in [-0.1, -0.05) is 13.0 Å². The Kier molecular flexibility index (Phi) is 5.21. The minimum Gasteiger partial charge on any atom is -0.476 e. The van der Waals surface area contributed by atoms with Crippen molar-refractivity contribution in [2.24, 2.45) is 0 Å². The van der Waals surface area contributed by atoms with Crippen LogP contribution in [-0.2, 0) is 6.42 Å². The van der Waals surface area contributed by atoms with Gasteiger partial charge in [-0.15, -0.1) is 0 Å². The Hall–Kier alpha value is -3.58. The number of oxazole rings is 1. The number of nitrogens with zero attached hydrogens (tertiary/aromatic N) is 2. The zero-order chi connectivity index (χ0) is 23.2. The standard InChI is InChI=1S/C26H28N4O3/c1-4-16-7-10-20(19-11-12-27-21(16)19)24-29-22(25(31)32)23(33-24)17-5-8-18(9-6-17)30-14-13-28-26(2,3)15-30/h5-12,27-28H,4,13-15H2,1-3H3,(H,31,32). The maximum Gasteiger partial charge on any atom is 0.358 e. The van der Waals surface area contributed by atoms with Crippen LogP contribution in [0.4, 0.5) is 5.69 Å². The number of aromatic nitrogens is 2. The molecular formula is C26H28N4O3.